The molecule has 0 bridgehead atoms. The van der Waals surface area contributed by atoms with Crippen LogP contribution in [-0.4, -0.2) is 6.04 Å². The minimum absolute atomic E-state index is 0.235. The molecular formula is C13H19FN2. The van der Waals surface area contributed by atoms with Gasteiger partial charge in [-0.2, -0.15) is 0 Å². The molecule has 0 unspecified atom stereocenters. The summed E-state index contributed by atoms with van der Waals surface area (Å²) < 4.78 is 13.1. The fourth-order valence-corrected chi connectivity index (χ4v) is 2.28. The summed E-state index contributed by atoms with van der Waals surface area (Å²) in [6, 6.07) is 4.93. The molecule has 0 spiro atoms. The molecular weight excluding hydrogens is 203 g/mol. The molecule has 1 saturated carbocycles. The van der Waals surface area contributed by atoms with E-state index in [1.807, 2.05) is 0 Å². The van der Waals surface area contributed by atoms with Crippen molar-refractivity contribution in [1.82, 2.24) is 0 Å². The lowest BCUT2D eigenvalue weighted by molar-refractivity contribution is 0.361. The van der Waals surface area contributed by atoms with Crippen LogP contribution in [0, 0.1) is 11.7 Å². The van der Waals surface area contributed by atoms with E-state index in [1.54, 1.807) is 6.07 Å². The van der Waals surface area contributed by atoms with Crippen LogP contribution in [0.3, 0.4) is 0 Å². The Morgan fingerprint density at radius 1 is 1.25 bits per heavy atom. The van der Waals surface area contributed by atoms with Crippen molar-refractivity contribution < 1.29 is 4.39 Å². The van der Waals surface area contributed by atoms with Gasteiger partial charge in [0.15, 0.2) is 0 Å². The lowest BCUT2D eigenvalue weighted by Crippen LogP contribution is -2.25. The minimum atomic E-state index is -0.235. The molecule has 0 amide bonds. The lowest BCUT2D eigenvalue weighted by atomic mass is 9.87. The van der Waals surface area contributed by atoms with Gasteiger partial charge in [0.05, 0.1) is 11.4 Å². The summed E-state index contributed by atoms with van der Waals surface area (Å²) in [5.74, 6) is 0.587. The van der Waals surface area contributed by atoms with Crippen LogP contribution in [0.1, 0.15) is 32.6 Å². The number of benzene rings is 1. The summed E-state index contributed by atoms with van der Waals surface area (Å²) in [5, 5.41) is 3.35. The summed E-state index contributed by atoms with van der Waals surface area (Å²) in [6.07, 6.45) is 4.79. The molecule has 0 atom stereocenters. The van der Waals surface area contributed by atoms with E-state index < -0.39 is 0 Å². The molecule has 3 N–H and O–H groups in total. The van der Waals surface area contributed by atoms with Gasteiger partial charge in [-0.25, -0.2) is 4.39 Å². The van der Waals surface area contributed by atoms with Crippen LogP contribution in [0.5, 0.6) is 0 Å². The highest BCUT2D eigenvalue weighted by Gasteiger charge is 2.18. The Hall–Kier alpha value is -1.25. The van der Waals surface area contributed by atoms with Crippen LogP contribution in [-0.2, 0) is 0 Å². The van der Waals surface area contributed by atoms with E-state index in [9.17, 15) is 4.39 Å². The van der Waals surface area contributed by atoms with Gasteiger partial charge in [0.25, 0.3) is 0 Å². The molecule has 1 aromatic carbocycles. The normalized spacial score (nSPS) is 25.4. The third-order valence-corrected chi connectivity index (χ3v) is 3.39. The average Bonchev–Trinajstić information content (AvgIpc) is 2.27. The van der Waals surface area contributed by atoms with Gasteiger partial charge in [0.2, 0.25) is 0 Å². The van der Waals surface area contributed by atoms with E-state index in [1.165, 1.54) is 25.0 Å². The van der Waals surface area contributed by atoms with Gasteiger partial charge >= 0.3 is 0 Å². The van der Waals surface area contributed by atoms with Crippen molar-refractivity contribution in [3.8, 4) is 0 Å². The van der Waals surface area contributed by atoms with Gasteiger partial charge in [-0.3, -0.25) is 0 Å². The summed E-state index contributed by atoms with van der Waals surface area (Å²) in [4.78, 5) is 0. The zero-order valence-electron chi connectivity index (χ0n) is 9.67. The fourth-order valence-electron chi connectivity index (χ4n) is 2.28. The number of anilines is 2. The Bertz CT molecular complexity index is 357. The minimum Gasteiger partial charge on any atom is -0.397 e. The van der Waals surface area contributed by atoms with Gasteiger partial charge in [-0.1, -0.05) is 6.92 Å². The van der Waals surface area contributed by atoms with Crippen molar-refractivity contribution in [2.45, 2.75) is 38.6 Å². The summed E-state index contributed by atoms with van der Waals surface area (Å²) >= 11 is 0. The third kappa shape index (κ3) is 2.65. The molecule has 0 aliphatic heterocycles. The average molecular weight is 222 g/mol. The first-order valence-corrected chi connectivity index (χ1v) is 5.96. The largest absolute Gasteiger partial charge is 0.397 e. The van der Waals surface area contributed by atoms with Crippen LogP contribution in [0.15, 0.2) is 18.2 Å². The van der Waals surface area contributed by atoms with Gasteiger partial charge in [-0.15, -0.1) is 0 Å². The van der Waals surface area contributed by atoms with Gasteiger partial charge < -0.3 is 11.1 Å². The first-order chi connectivity index (χ1) is 7.65. The molecule has 2 rings (SSSR count). The zero-order valence-corrected chi connectivity index (χ0v) is 9.67. The van der Waals surface area contributed by atoms with Crippen LogP contribution < -0.4 is 11.1 Å². The molecule has 0 heterocycles. The molecule has 1 aliphatic rings. The summed E-state index contributed by atoms with van der Waals surface area (Å²) in [6.45, 7) is 2.28. The highest BCUT2D eigenvalue weighted by Crippen LogP contribution is 2.28. The molecule has 1 fully saturated rings. The molecule has 2 nitrogen and oxygen atoms in total. The van der Waals surface area contributed by atoms with Crippen molar-refractivity contribution in [3.63, 3.8) is 0 Å². The highest BCUT2D eigenvalue weighted by atomic mass is 19.1. The Labute approximate surface area is 96.0 Å². The van der Waals surface area contributed by atoms with Crippen LogP contribution >= 0.6 is 0 Å². The fraction of sp³-hybridized carbons (Fsp3) is 0.538. The second kappa shape index (κ2) is 4.73. The molecule has 1 aromatic rings. The molecule has 1 aliphatic carbocycles. The smallest absolute Gasteiger partial charge is 0.125 e. The summed E-state index contributed by atoms with van der Waals surface area (Å²) in [5.41, 5.74) is 7.17. The van der Waals surface area contributed by atoms with Crippen molar-refractivity contribution in [3.05, 3.63) is 24.0 Å². The SMILES string of the molecule is CC1CCC(Nc2cc(F)ccc2N)CC1. The van der Waals surface area contributed by atoms with Crippen molar-refractivity contribution in [1.29, 1.82) is 0 Å². The second-order valence-corrected chi connectivity index (χ2v) is 4.83. The first kappa shape index (κ1) is 11.2. The Kier molecular flexibility index (Phi) is 3.32. The number of halogens is 1. The number of hydrogen-bond donors (Lipinski definition) is 2. The maximum absolute atomic E-state index is 13.1. The van der Waals surface area contributed by atoms with Gasteiger partial charge in [0.1, 0.15) is 5.82 Å². The predicted octanol–water partition coefficient (Wildman–Crippen LogP) is 3.40. The number of nitrogens with two attached hydrogens (primary N) is 1. The topological polar surface area (TPSA) is 38.0 Å². The predicted molar refractivity (Wildman–Crippen MR) is 65.9 cm³/mol. The standard InChI is InChI=1S/C13H19FN2/c1-9-2-5-11(6-3-9)16-13-8-10(14)4-7-12(13)15/h4,7-9,11,16H,2-3,5-6,15H2,1H3. The Morgan fingerprint density at radius 3 is 2.62 bits per heavy atom. The van der Waals surface area contributed by atoms with Gasteiger partial charge in [-0.05, 0) is 49.8 Å². The van der Waals surface area contributed by atoms with E-state index in [2.05, 4.69) is 12.2 Å². The molecule has 16 heavy (non-hydrogen) atoms. The van der Waals surface area contributed by atoms with Crippen LogP contribution in [0.25, 0.3) is 0 Å². The van der Waals surface area contributed by atoms with E-state index in [0.29, 0.717) is 11.7 Å². The number of rotatable bonds is 2. The monoisotopic (exact) mass is 222 g/mol. The Morgan fingerprint density at radius 2 is 1.94 bits per heavy atom. The maximum Gasteiger partial charge on any atom is 0.125 e. The van der Waals surface area contributed by atoms with E-state index in [-0.39, 0.29) is 5.82 Å². The van der Waals surface area contributed by atoms with Crippen LogP contribution in [0.2, 0.25) is 0 Å². The maximum atomic E-state index is 13.1. The Balaban J connectivity index is 2.00. The van der Waals surface area contributed by atoms with E-state index in [0.717, 1.165) is 24.4 Å². The number of nitrogens with one attached hydrogen (secondary N) is 1. The van der Waals surface area contributed by atoms with E-state index >= 15 is 0 Å². The molecule has 0 saturated heterocycles. The molecule has 0 radical (unpaired) electrons. The number of hydrogen-bond acceptors (Lipinski definition) is 2. The van der Waals surface area contributed by atoms with Crippen LogP contribution in [0.4, 0.5) is 15.8 Å². The second-order valence-electron chi connectivity index (χ2n) is 4.83. The quantitative estimate of drug-likeness (QED) is 0.753. The van der Waals surface area contributed by atoms with Crippen molar-refractivity contribution >= 4 is 11.4 Å². The van der Waals surface area contributed by atoms with Crippen molar-refractivity contribution in [2.24, 2.45) is 5.92 Å². The first-order valence-electron chi connectivity index (χ1n) is 5.96. The molecule has 0 aromatic heterocycles. The highest BCUT2D eigenvalue weighted by molar-refractivity contribution is 5.66. The van der Waals surface area contributed by atoms with Crippen molar-refractivity contribution in [2.75, 3.05) is 11.1 Å². The summed E-state index contributed by atoms with van der Waals surface area (Å²) in [7, 11) is 0. The zero-order chi connectivity index (χ0) is 11.5. The van der Waals surface area contributed by atoms with E-state index in [4.69, 9.17) is 5.73 Å². The van der Waals surface area contributed by atoms with Gasteiger partial charge in [0, 0.05) is 6.04 Å². The molecule has 88 valence electrons. The lowest BCUT2D eigenvalue weighted by Gasteiger charge is -2.28. The number of nitrogen functional groups attached to an aromatic ring is 1. The third-order valence-electron chi connectivity index (χ3n) is 3.39. The molecule has 3 heteroatoms.